The second-order valence-corrected chi connectivity index (χ2v) is 9.06. The highest BCUT2D eigenvalue weighted by atomic mass is 19.1. The van der Waals surface area contributed by atoms with E-state index < -0.39 is 23.7 Å². The molecule has 0 radical (unpaired) electrons. The van der Waals surface area contributed by atoms with E-state index in [4.69, 9.17) is 10.8 Å². The highest BCUT2D eigenvalue weighted by Crippen LogP contribution is 2.30. The number of hydrogen-bond acceptors (Lipinski definition) is 4. The average Bonchev–Trinajstić information content (AvgIpc) is 2.72. The van der Waals surface area contributed by atoms with Gasteiger partial charge < -0.3 is 21.5 Å². The van der Waals surface area contributed by atoms with Crippen LogP contribution in [0.3, 0.4) is 0 Å². The van der Waals surface area contributed by atoms with Gasteiger partial charge in [-0.05, 0) is 60.2 Å². The molecule has 0 bridgehead atoms. The highest BCUT2D eigenvalue weighted by Gasteiger charge is 2.20. The maximum Gasteiger partial charge on any atom is 0.251 e. The molecule has 0 saturated heterocycles. The summed E-state index contributed by atoms with van der Waals surface area (Å²) in [5.41, 5.74) is 6.61. The molecule has 1 unspecified atom stereocenters. The fourth-order valence-corrected chi connectivity index (χ4v) is 3.01. The number of nitrogens with one attached hydrogen (secondary N) is 2. The number of amides is 3. The molecule has 0 aliphatic heterocycles. The fourth-order valence-electron chi connectivity index (χ4n) is 3.01. The summed E-state index contributed by atoms with van der Waals surface area (Å²) in [4.78, 5) is 37.1. The maximum absolute atomic E-state index is 14.6. The third-order valence-electron chi connectivity index (χ3n) is 4.87. The maximum atomic E-state index is 14.6. The van der Waals surface area contributed by atoms with Crippen molar-refractivity contribution in [3.05, 3.63) is 58.4 Å². The number of primary amides is 1. The van der Waals surface area contributed by atoms with Crippen LogP contribution in [0, 0.1) is 18.2 Å². The smallest absolute Gasteiger partial charge is 0.251 e. The summed E-state index contributed by atoms with van der Waals surface area (Å²) in [6.45, 7) is 9.24. The molecule has 0 aliphatic carbocycles. The second kappa shape index (κ2) is 9.91. The largest absolute Gasteiger partial charge is 0.394 e. The van der Waals surface area contributed by atoms with Crippen LogP contribution in [0.25, 0.3) is 11.1 Å². The summed E-state index contributed by atoms with van der Waals surface area (Å²) in [6.07, 6.45) is 0. The first-order valence-electron chi connectivity index (χ1n) is 10.3. The van der Waals surface area contributed by atoms with E-state index in [2.05, 4.69) is 10.6 Å². The Morgan fingerprint density at radius 1 is 1.06 bits per heavy atom. The van der Waals surface area contributed by atoms with Crippen molar-refractivity contribution in [1.82, 2.24) is 10.6 Å². The lowest BCUT2D eigenvalue weighted by molar-refractivity contribution is 0.0918. The van der Waals surface area contributed by atoms with E-state index >= 15 is 0 Å². The number of carbonyl (C=O) groups is 3. The molecule has 32 heavy (non-hydrogen) atoms. The summed E-state index contributed by atoms with van der Waals surface area (Å²) >= 11 is 0. The van der Waals surface area contributed by atoms with Crippen LogP contribution in [-0.4, -0.2) is 42.0 Å². The van der Waals surface area contributed by atoms with Gasteiger partial charge in [-0.25, -0.2) is 4.39 Å². The molecule has 0 aromatic heterocycles. The summed E-state index contributed by atoms with van der Waals surface area (Å²) < 4.78 is 14.6. The Kier molecular flexibility index (Phi) is 7.74. The predicted molar refractivity (Wildman–Crippen MR) is 121 cm³/mol. The highest BCUT2D eigenvalue weighted by molar-refractivity contribution is 6.04. The van der Waals surface area contributed by atoms with Gasteiger partial charge in [-0.2, -0.15) is 0 Å². The first kappa shape index (κ1) is 25.0. The zero-order valence-corrected chi connectivity index (χ0v) is 19.0. The fraction of sp³-hybridized carbons (Fsp3) is 0.375. The van der Waals surface area contributed by atoms with E-state index in [1.54, 1.807) is 6.92 Å². The molecule has 1 atom stereocenters. The van der Waals surface area contributed by atoms with Crippen LogP contribution in [0.4, 0.5) is 4.39 Å². The molecule has 7 nitrogen and oxygen atoms in total. The van der Waals surface area contributed by atoms with Gasteiger partial charge in [0.1, 0.15) is 5.82 Å². The molecular weight excluding hydrogens is 413 g/mol. The summed E-state index contributed by atoms with van der Waals surface area (Å²) in [5.74, 6) is -2.34. The van der Waals surface area contributed by atoms with Gasteiger partial charge in [0.15, 0.2) is 0 Å². The number of carbonyl (C=O) groups excluding carboxylic acids is 3. The van der Waals surface area contributed by atoms with Crippen LogP contribution in [-0.2, 0) is 0 Å². The molecule has 3 amide bonds. The van der Waals surface area contributed by atoms with Crippen molar-refractivity contribution in [3.8, 4) is 11.1 Å². The summed E-state index contributed by atoms with van der Waals surface area (Å²) in [5, 5.41) is 14.5. The Labute approximate surface area is 187 Å². The Morgan fingerprint density at radius 2 is 1.72 bits per heavy atom. The average molecular weight is 444 g/mol. The van der Waals surface area contributed by atoms with Crippen molar-refractivity contribution in [2.24, 2.45) is 11.1 Å². The standard InChI is InChI=1S/C24H30FN3O4/c1-13(11-29)28-23(32)16-9-18(14(2)20(25)10-16)17-7-6-15(8-19(17)21(26)30)22(31)27-12-24(3,4)5/h6-10,13,29H,11-12H2,1-5H3,(H2,26,30)(H,27,31)(H,28,32). The second-order valence-electron chi connectivity index (χ2n) is 9.06. The van der Waals surface area contributed by atoms with Crippen LogP contribution in [0.5, 0.6) is 0 Å². The summed E-state index contributed by atoms with van der Waals surface area (Å²) in [6, 6.07) is 6.45. The predicted octanol–water partition coefficient (Wildman–Crippen LogP) is 2.79. The lowest BCUT2D eigenvalue weighted by atomic mass is 9.91. The first-order valence-corrected chi connectivity index (χ1v) is 10.3. The van der Waals surface area contributed by atoms with Gasteiger partial charge in [-0.3, -0.25) is 14.4 Å². The quantitative estimate of drug-likeness (QED) is 0.526. The number of rotatable bonds is 7. The minimum atomic E-state index is -0.783. The van der Waals surface area contributed by atoms with E-state index in [9.17, 15) is 18.8 Å². The third-order valence-corrected chi connectivity index (χ3v) is 4.87. The van der Waals surface area contributed by atoms with Gasteiger partial charge in [-0.1, -0.05) is 26.8 Å². The molecule has 2 aromatic rings. The molecule has 172 valence electrons. The number of hydrogen-bond donors (Lipinski definition) is 4. The number of benzene rings is 2. The minimum Gasteiger partial charge on any atom is -0.394 e. The van der Waals surface area contributed by atoms with E-state index in [-0.39, 0.29) is 40.2 Å². The molecule has 0 heterocycles. The van der Waals surface area contributed by atoms with Crippen molar-refractivity contribution >= 4 is 17.7 Å². The molecule has 0 fully saturated rings. The van der Waals surface area contributed by atoms with E-state index in [1.807, 2.05) is 20.8 Å². The SMILES string of the molecule is Cc1c(F)cc(C(=O)NC(C)CO)cc1-c1ccc(C(=O)NCC(C)(C)C)cc1C(N)=O. The molecule has 8 heteroatoms. The van der Waals surface area contributed by atoms with Crippen molar-refractivity contribution in [3.63, 3.8) is 0 Å². The van der Waals surface area contributed by atoms with Gasteiger partial charge in [-0.15, -0.1) is 0 Å². The van der Waals surface area contributed by atoms with Crippen molar-refractivity contribution in [2.75, 3.05) is 13.2 Å². The Morgan fingerprint density at radius 3 is 2.28 bits per heavy atom. The lowest BCUT2D eigenvalue weighted by Crippen LogP contribution is -2.35. The molecule has 0 aliphatic rings. The zero-order valence-electron chi connectivity index (χ0n) is 19.0. The van der Waals surface area contributed by atoms with Crippen LogP contribution in [0.1, 0.15) is 64.3 Å². The molecule has 5 N–H and O–H groups in total. The molecular formula is C24H30FN3O4. The van der Waals surface area contributed by atoms with Gasteiger partial charge in [0, 0.05) is 29.3 Å². The lowest BCUT2D eigenvalue weighted by Gasteiger charge is -2.19. The number of aliphatic hydroxyl groups is 1. The van der Waals surface area contributed by atoms with Gasteiger partial charge in [0.2, 0.25) is 5.91 Å². The van der Waals surface area contributed by atoms with Gasteiger partial charge in [0.05, 0.1) is 6.61 Å². The van der Waals surface area contributed by atoms with E-state index in [1.165, 1.54) is 31.2 Å². The molecule has 0 saturated carbocycles. The Balaban J connectivity index is 2.51. The van der Waals surface area contributed by atoms with Crippen LogP contribution in [0.2, 0.25) is 0 Å². The van der Waals surface area contributed by atoms with Crippen LogP contribution < -0.4 is 16.4 Å². The zero-order chi connectivity index (χ0) is 24.2. The normalized spacial score (nSPS) is 12.2. The van der Waals surface area contributed by atoms with Gasteiger partial charge >= 0.3 is 0 Å². The van der Waals surface area contributed by atoms with Crippen molar-refractivity contribution in [1.29, 1.82) is 0 Å². The minimum absolute atomic E-state index is 0.0332. The van der Waals surface area contributed by atoms with E-state index in [0.29, 0.717) is 17.7 Å². The van der Waals surface area contributed by atoms with Crippen LogP contribution in [0.15, 0.2) is 30.3 Å². The third kappa shape index (κ3) is 6.13. The molecule has 0 spiro atoms. The first-order chi connectivity index (χ1) is 14.8. The topological polar surface area (TPSA) is 122 Å². The van der Waals surface area contributed by atoms with Crippen molar-refractivity contribution in [2.45, 2.75) is 40.7 Å². The van der Waals surface area contributed by atoms with Crippen LogP contribution >= 0.6 is 0 Å². The van der Waals surface area contributed by atoms with Crippen molar-refractivity contribution < 1.29 is 23.9 Å². The Hall–Kier alpha value is -3.26. The van der Waals surface area contributed by atoms with Gasteiger partial charge in [0.25, 0.3) is 11.8 Å². The Bertz CT molecular complexity index is 1040. The van der Waals surface area contributed by atoms with E-state index in [0.717, 1.165) is 6.07 Å². The molecule has 2 aromatic carbocycles. The number of nitrogens with two attached hydrogens (primary N) is 1. The summed E-state index contributed by atoms with van der Waals surface area (Å²) in [7, 11) is 0. The monoisotopic (exact) mass is 443 g/mol. The molecule has 2 rings (SSSR count). The number of aliphatic hydroxyl groups excluding tert-OH is 1. The number of halogens is 1.